The summed E-state index contributed by atoms with van der Waals surface area (Å²) in [6.07, 6.45) is -2.84. The van der Waals surface area contributed by atoms with Crippen molar-refractivity contribution in [1.29, 1.82) is 0 Å². The molecule has 1 aromatic heterocycles. The van der Waals surface area contributed by atoms with E-state index in [0.717, 1.165) is 17.7 Å². The Hall–Kier alpha value is -2.08. The van der Waals surface area contributed by atoms with Crippen molar-refractivity contribution in [2.75, 3.05) is 7.05 Å². The van der Waals surface area contributed by atoms with E-state index in [-0.39, 0.29) is 11.6 Å². The van der Waals surface area contributed by atoms with E-state index < -0.39 is 11.7 Å². The number of alkyl halides is 3. The first-order valence-corrected chi connectivity index (χ1v) is 5.93. The third-order valence-electron chi connectivity index (χ3n) is 2.56. The Kier molecular flexibility index (Phi) is 4.24. The number of benzene rings is 1. The van der Waals surface area contributed by atoms with Crippen molar-refractivity contribution in [2.45, 2.75) is 12.7 Å². The Bertz CT molecular complexity index is 585. The van der Waals surface area contributed by atoms with E-state index in [2.05, 4.69) is 10.3 Å². The number of pyridine rings is 1. The molecule has 0 atom stereocenters. The minimum absolute atomic E-state index is 0.105. The molecule has 0 saturated heterocycles. The molecule has 0 amide bonds. The van der Waals surface area contributed by atoms with Crippen LogP contribution in [0.5, 0.6) is 11.6 Å². The SMILES string of the molecule is CNCc1ccnc(Oc2cccc(C(F)(F)F)c2)c1. The third-order valence-corrected chi connectivity index (χ3v) is 2.56. The number of hydrogen-bond donors (Lipinski definition) is 1. The van der Waals surface area contributed by atoms with E-state index in [4.69, 9.17) is 4.74 Å². The summed E-state index contributed by atoms with van der Waals surface area (Å²) in [5, 5.41) is 2.97. The van der Waals surface area contributed by atoms with Gasteiger partial charge in [0.05, 0.1) is 5.56 Å². The number of halogens is 3. The highest BCUT2D eigenvalue weighted by atomic mass is 19.4. The average molecular weight is 282 g/mol. The topological polar surface area (TPSA) is 34.2 Å². The van der Waals surface area contributed by atoms with Crippen LogP contribution < -0.4 is 10.1 Å². The number of nitrogens with zero attached hydrogens (tertiary/aromatic N) is 1. The summed E-state index contributed by atoms with van der Waals surface area (Å²) in [5.41, 5.74) is 0.186. The second kappa shape index (κ2) is 5.92. The van der Waals surface area contributed by atoms with Gasteiger partial charge < -0.3 is 10.1 Å². The first kappa shape index (κ1) is 14.3. The van der Waals surface area contributed by atoms with Gasteiger partial charge in [-0.1, -0.05) is 6.07 Å². The zero-order valence-electron chi connectivity index (χ0n) is 10.7. The second-order valence-electron chi connectivity index (χ2n) is 4.16. The van der Waals surface area contributed by atoms with Crippen LogP contribution in [-0.2, 0) is 12.7 Å². The average Bonchev–Trinajstić information content (AvgIpc) is 2.39. The van der Waals surface area contributed by atoms with Crippen molar-refractivity contribution in [2.24, 2.45) is 0 Å². The van der Waals surface area contributed by atoms with E-state index in [0.29, 0.717) is 6.54 Å². The summed E-state index contributed by atoms with van der Waals surface area (Å²) < 4.78 is 43.1. The first-order valence-electron chi connectivity index (χ1n) is 5.93. The molecule has 3 nitrogen and oxygen atoms in total. The van der Waals surface area contributed by atoms with Gasteiger partial charge in [0.2, 0.25) is 5.88 Å². The minimum atomic E-state index is -4.39. The molecule has 2 rings (SSSR count). The van der Waals surface area contributed by atoms with Gasteiger partial charge in [0.1, 0.15) is 5.75 Å². The maximum absolute atomic E-state index is 12.6. The highest BCUT2D eigenvalue weighted by Gasteiger charge is 2.30. The van der Waals surface area contributed by atoms with E-state index in [1.54, 1.807) is 25.4 Å². The Labute approximate surface area is 114 Å². The molecule has 1 N–H and O–H groups in total. The lowest BCUT2D eigenvalue weighted by Crippen LogP contribution is -2.05. The zero-order valence-corrected chi connectivity index (χ0v) is 10.7. The molecule has 0 aliphatic carbocycles. The molecule has 0 aliphatic heterocycles. The van der Waals surface area contributed by atoms with Crippen LogP contribution in [0, 0.1) is 0 Å². The van der Waals surface area contributed by atoms with Crippen LogP contribution in [0.2, 0.25) is 0 Å². The molecule has 0 spiro atoms. The molecule has 0 radical (unpaired) electrons. The summed E-state index contributed by atoms with van der Waals surface area (Å²) in [6, 6.07) is 8.19. The standard InChI is InChI=1S/C14H13F3N2O/c1-18-9-10-5-6-19-13(7-10)20-12-4-2-3-11(8-12)14(15,16)17/h2-8,18H,9H2,1H3. The van der Waals surface area contributed by atoms with Crippen LogP contribution in [0.1, 0.15) is 11.1 Å². The van der Waals surface area contributed by atoms with Crippen LogP contribution in [0.25, 0.3) is 0 Å². The molecule has 20 heavy (non-hydrogen) atoms. The van der Waals surface area contributed by atoms with Crippen molar-refractivity contribution in [3.63, 3.8) is 0 Å². The van der Waals surface area contributed by atoms with Crippen LogP contribution >= 0.6 is 0 Å². The van der Waals surface area contributed by atoms with Crippen LogP contribution in [-0.4, -0.2) is 12.0 Å². The van der Waals surface area contributed by atoms with Crippen molar-refractivity contribution in [1.82, 2.24) is 10.3 Å². The van der Waals surface area contributed by atoms with E-state index in [1.165, 1.54) is 12.1 Å². The fraction of sp³-hybridized carbons (Fsp3) is 0.214. The van der Waals surface area contributed by atoms with Gasteiger partial charge in [-0.25, -0.2) is 4.98 Å². The lowest BCUT2D eigenvalue weighted by molar-refractivity contribution is -0.137. The lowest BCUT2D eigenvalue weighted by Gasteiger charge is -2.10. The van der Waals surface area contributed by atoms with Gasteiger partial charge in [0, 0.05) is 18.8 Å². The number of hydrogen-bond acceptors (Lipinski definition) is 3. The molecule has 1 heterocycles. The summed E-state index contributed by atoms with van der Waals surface area (Å²) >= 11 is 0. The Balaban J connectivity index is 2.19. The molecule has 106 valence electrons. The van der Waals surface area contributed by atoms with Gasteiger partial charge in [0.15, 0.2) is 0 Å². The van der Waals surface area contributed by atoms with Gasteiger partial charge >= 0.3 is 6.18 Å². The van der Waals surface area contributed by atoms with Crippen LogP contribution in [0.15, 0.2) is 42.6 Å². The largest absolute Gasteiger partial charge is 0.439 e. The van der Waals surface area contributed by atoms with Crippen molar-refractivity contribution in [3.8, 4) is 11.6 Å². The number of nitrogens with one attached hydrogen (secondary N) is 1. The van der Waals surface area contributed by atoms with Crippen LogP contribution in [0.4, 0.5) is 13.2 Å². The lowest BCUT2D eigenvalue weighted by atomic mass is 10.2. The predicted molar refractivity (Wildman–Crippen MR) is 68.5 cm³/mol. The van der Waals surface area contributed by atoms with Crippen molar-refractivity contribution in [3.05, 3.63) is 53.7 Å². The summed E-state index contributed by atoms with van der Waals surface area (Å²) in [6.45, 7) is 0.626. The van der Waals surface area contributed by atoms with Gasteiger partial charge in [-0.05, 0) is 36.9 Å². The first-order chi connectivity index (χ1) is 9.49. The fourth-order valence-corrected chi connectivity index (χ4v) is 1.68. The summed E-state index contributed by atoms with van der Waals surface area (Å²) in [7, 11) is 1.80. The molecular formula is C14H13F3N2O. The molecule has 0 bridgehead atoms. The zero-order chi connectivity index (χ0) is 14.6. The summed E-state index contributed by atoms with van der Waals surface area (Å²) in [4.78, 5) is 3.98. The molecule has 0 saturated carbocycles. The number of rotatable bonds is 4. The Morgan fingerprint density at radius 1 is 1.20 bits per heavy atom. The van der Waals surface area contributed by atoms with Crippen molar-refractivity contribution < 1.29 is 17.9 Å². The van der Waals surface area contributed by atoms with Gasteiger partial charge in [0.25, 0.3) is 0 Å². The monoisotopic (exact) mass is 282 g/mol. The Morgan fingerprint density at radius 3 is 2.70 bits per heavy atom. The molecule has 0 aliphatic rings. The quantitative estimate of drug-likeness (QED) is 0.930. The number of ether oxygens (including phenoxy) is 1. The fourth-order valence-electron chi connectivity index (χ4n) is 1.68. The number of aromatic nitrogens is 1. The van der Waals surface area contributed by atoms with E-state index >= 15 is 0 Å². The smallest absolute Gasteiger partial charge is 0.416 e. The molecule has 6 heteroatoms. The predicted octanol–water partition coefficient (Wildman–Crippen LogP) is 3.61. The highest BCUT2D eigenvalue weighted by Crippen LogP contribution is 2.32. The molecule has 0 unspecified atom stereocenters. The van der Waals surface area contributed by atoms with Gasteiger partial charge in [-0.3, -0.25) is 0 Å². The molecule has 2 aromatic rings. The molecule has 0 fully saturated rings. The normalized spacial score (nSPS) is 11.4. The van der Waals surface area contributed by atoms with E-state index in [1.807, 2.05) is 0 Å². The van der Waals surface area contributed by atoms with E-state index in [9.17, 15) is 13.2 Å². The summed E-state index contributed by atoms with van der Waals surface area (Å²) in [5.74, 6) is 0.367. The van der Waals surface area contributed by atoms with Crippen molar-refractivity contribution >= 4 is 0 Å². The maximum atomic E-state index is 12.6. The van der Waals surface area contributed by atoms with Gasteiger partial charge in [-0.15, -0.1) is 0 Å². The second-order valence-corrected chi connectivity index (χ2v) is 4.16. The Morgan fingerprint density at radius 2 is 2.00 bits per heavy atom. The van der Waals surface area contributed by atoms with Crippen LogP contribution in [0.3, 0.4) is 0 Å². The highest BCUT2D eigenvalue weighted by molar-refractivity contribution is 5.33. The van der Waals surface area contributed by atoms with Gasteiger partial charge in [-0.2, -0.15) is 13.2 Å². The molecule has 1 aromatic carbocycles. The third kappa shape index (κ3) is 3.71. The minimum Gasteiger partial charge on any atom is -0.439 e. The maximum Gasteiger partial charge on any atom is 0.416 e. The molecular weight excluding hydrogens is 269 g/mol.